The minimum atomic E-state index is -3.99. The van der Waals surface area contributed by atoms with Crippen LogP contribution in [0.3, 0.4) is 0 Å². The number of hydrogen-bond acceptors (Lipinski definition) is 10. The van der Waals surface area contributed by atoms with E-state index >= 15 is 0 Å². The van der Waals surface area contributed by atoms with Crippen LogP contribution in [0.2, 0.25) is 0 Å². The van der Waals surface area contributed by atoms with Crippen LogP contribution in [0.25, 0.3) is 10.9 Å². The molecule has 4 heterocycles. The van der Waals surface area contributed by atoms with Gasteiger partial charge in [-0.25, -0.2) is 18.2 Å². The molecule has 15 heteroatoms. The zero-order valence-corrected chi connectivity index (χ0v) is 34.8. The maximum absolute atomic E-state index is 14.8. The van der Waals surface area contributed by atoms with Crippen molar-refractivity contribution in [3.05, 3.63) is 41.6 Å². The second kappa shape index (κ2) is 15.4. The molecule has 0 radical (unpaired) electrons. The number of nitrogens with one attached hydrogen (secondary N) is 3. The highest BCUT2D eigenvalue weighted by atomic mass is 32.2. The number of methoxy groups -OCH3 is 1. The summed E-state index contributed by atoms with van der Waals surface area (Å²) in [7, 11) is -2.38. The zero-order chi connectivity index (χ0) is 40.9. The van der Waals surface area contributed by atoms with Gasteiger partial charge in [-0.2, -0.15) is 0 Å². The molecular formula is C42H57N5O9S. The van der Waals surface area contributed by atoms with Crippen molar-refractivity contribution >= 4 is 44.7 Å². The number of ether oxygens (including phenoxy) is 3. The van der Waals surface area contributed by atoms with Crippen LogP contribution in [0.5, 0.6) is 11.5 Å². The maximum Gasteiger partial charge on any atom is 0.408 e. The van der Waals surface area contributed by atoms with Gasteiger partial charge in [0.2, 0.25) is 21.8 Å². The summed E-state index contributed by atoms with van der Waals surface area (Å²) in [6.45, 7) is 9.33. The second-order valence-electron chi connectivity index (χ2n) is 17.3. The molecule has 4 amide bonds. The van der Waals surface area contributed by atoms with Gasteiger partial charge in [0.05, 0.1) is 29.6 Å². The Morgan fingerprint density at radius 2 is 1.88 bits per heavy atom. The van der Waals surface area contributed by atoms with E-state index in [2.05, 4.69) is 15.4 Å². The molecular weight excluding hydrogens is 751 g/mol. The first-order valence-corrected chi connectivity index (χ1v) is 22.0. The monoisotopic (exact) mass is 807 g/mol. The van der Waals surface area contributed by atoms with E-state index in [4.69, 9.17) is 19.2 Å². The highest BCUT2D eigenvalue weighted by molar-refractivity contribution is 7.91. The number of carbonyl (C=O) groups is 4. The maximum atomic E-state index is 14.8. The molecule has 14 nitrogen and oxygen atoms in total. The number of aryl methyl sites for hydroxylation is 2. The van der Waals surface area contributed by atoms with Gasteiger partial charge in [-0.1, -0.05) is 45.8 Å². The van der Waals surface area contributed by atoms with Crippen LogP contribution in [0, 0.1) is 11.8 Å². The van der Waals surface area contributed by atoms with Crippen molar-refractivity contribution in [3.63, 3.8) is 0 Å². The molecule has 1 aromatic heterocycles. The average Bonchev–Trinajstić information content (AvgIpc) is 4.07. The molecule has 1 aromatic carbocycles. The number of alkyl carbamates (subject to hydrolysis) is 1. The van der Waals surface area contributed by atoms with Crippen LogP contribution < -0.4 is 24.8 Å². The summed E-state index contributed by atoms with van der Waals surface area (Å²) in [5, 5.41) is 6.70. The number of rotatable bonds is 8. The van der Waals surface area contributed by atoms with Gasteiger partial charge in [-0.05, 0) is 95.8 Å². The van der Waals surface area contributed by atoms with E-state index in [1.807, 2.05) is 51.1 Å². The van der Waals surface area contributed by atoms with E-state index in [-0.39, 0.29) is 25.3 Å². The summed E-state index contributed by atoms with van der Waals surface area (Å²) >= 11 is 0. The molecule has 2 aliphatic carbocycles. The molecule has 310 valence electrons. The first-order valence-electron chi connectivity index (χ1n) is 20.6. The van der Waals surface area contributed by atoms with E-state index in [1.54, 1.807) is 21.0 Å². The lowest BCUT2D eigenvalue weighted by Crippen LogP contribution is -2.58. The Bertz CT molecular complexity index is 2080. The number of pyridine rings is 1. The molecule has 1 saturated heterocycles. The smallest absolute Gasteiger partial charge is 0.408 e. The summed E-state index contributed by atoms with van der Waals surface area (Å²) in [5.74, 6) is -0.865. The molecule has 7 rings (SSSR count). The first kappa shape index (κ1) is 40.8. The molecule has 2 aromatic rings. The van der Waals surface area contributed by atoms with Crippen molar-refractivity contribution in [2.75, 3.05) is 13.7 Å². The standard InChI is InChI=1S/C42H57N5O9S/c1-7-31-35-29(30-21-28(54-6)15-16-32(30)43-31)17-18-41(56-35)23-34-36(48)45-42(38(50)46-57(52,53)40(5)19-20-40)22-27(42)13-11-9-8-10-12-14-33(37(49)47(34)24-41)44-39(51)55-26(4)25(2)3/h11,13,15-16,21,25-27,33-34H,7-10,12,14,17-20,22-24H2,1-6H3,(H,44,51)(H,45,48)(H,46,50)/b13-11-/t26-,27-,33+,34+,41-,42-/m1/s1. The summed E-state index contributed by atoms with van der Waals surface area (Å²) in [6, 6.07) is 3.67. The number of sulfonamides is 1. The van der Waals surface area contributed by atoms with Crippen molar-refractivity contribution in [3.8, 4) is 11.5 Å². The van der Waals surface area contributed by atoms with E-state index < -0.39 is 73.8 Å². The molecule has 0 bridgehead atoms. The van der Waals surface area contributed by atoms with E-state index in [0.29, 0.717) is 62.9 Å². The topological polar surface area (TPSA) is 182 Å². The SMILES string of the molecule is CCc1nc2ccc(OC)cc2c2c1O[C@]1(CC2)C[C@H]2C(=O)N[C@]3(C(=O)NS(=O)(=O)C4(C)CC4)C[C@H]3/C=C\CCCCC[C@H](NC(=O)O[C@H](C)C(C)C)C(=O)N2C1. The Hall–Kier alpha value is -4.40. The van der Waals surface area contributed by atoms with Gasteiger partial charge in [-0.3, -0.25) is 19.1 Å². The highest BCUT2D eigenvalue weighted by Gasteiger charge is 2.64. The van der Waals surface area contributed by atoms with Gasteiger partial charge in [0.15, 0.2) is 0 Å². The van der Waals surface area contributed by atoms with Crippen LogP contribution in [0.15, 0.2) is 30.4 Å². The van der Waals surface area contributed by atoms with Crippen LogP contribution >= 0.6 is 0 Å². The third-order valence-corrected chi connectivity index (χ3v) is 15.1. The predicted molar refractivity (Wildman–Crippen MR) is 213 cm³/mol. The van der Waals surface area contributed by atoms with Crippen LogP contribution in [0.1, 0.15) is 110 Å². The molecule has 57 heavy (non-hydrogen) atoms. The Balaban J connectivity index is 1.24. The quantitative estimate of drug-likeness (QED) is 0.307. The molecule has 1 spiro atoms. The molecule has 2 saturated carbocycles. The molecule has 3 fully saturated rings. The van der Waals surface area contributed by atoms with Crippen molar-refractivity contribution in [1.82, 2.24) is 25.2 Å². The van der Waals surface area contributed by atoms with Gasteiger partial charge in [0.25, 0.3) is 5.91 Å². The van der Waals surface area contributed by atoms with Gasteiger partial charge in [0.1, 0.15) is 40.8 Å². The predicted octanol–water partition coefficient (Wildman–Crippen LogP) is 5.00. The third-order valence-electron chi connectivity index (χ3n) is 12.9. The molecule has 6 atom stereocenters. The molecule has 3 aliphatic heterocycles. The number of benzene rings is 1. The van der Waals surface area contributed by atoms with Crippen LogP contribution in [-0.2, 0) is 42.0 Å². The fraction of sp³-hybridized carbons (Fsp3) is 0.643. The second-order valence-corrected chi connectivity index (χ2v) is 19.5. The lowest BCUT2D eigenvalue weighted by molar-refractivity contribution is -0.141. The highest BCUT2D eigenvalue weighted by Crippen LogP contribution is 2.49. The van der Waals surface area contributed by atoms with Gasteiger partial charge >= 0.3 is 6.09 Å². The lowest BCUT2D eigenvalue weighted by Gasteiger charge is -2.37. The van der Waals surface area contributed by atoms with E-state index in [0.717, 1.165) is 35.0 Å². The minimum absolute atomic E-state index is 0.0492. The Morgan fingerprint density at radius 3 is 2.58 bits per heavy atom. The van der Waals surface area contributed by atoms with E-state index in [1.165, 1.54) is 4.90 Å². The van der Waals surface area contributed by atoms with Gasteiger partial charge in [0, 0.05) is 23.3 Å². The van der Waals surface area contributed by atoms with Gasteiger partial charge < -0.3 is 29.7 Å². The number of fused-ring (bicyclic) bond motifs is 5. The van der Waals surface area contributed by atoms with Crippen molar-refractivity contribution < 1.29 is 41.8 Å². The fourth-order valence-electron chi connectivity index (χ4n) is 8.42. The fourth-order valence-corrected chi connectivity index (χ4v) is 9.74. The number of carbonyl (C=O) groups excluding carboxylic acids is 4. The summed E-state index contributed by atoms with van der Waals surface area (Å²) in [5.41, 5.74) is 0.0615. The average molecular weight is 808 g/mol. The van der Waals surface area contributed by atoms with E-state index in [9.17, 15) is 27.6 Å². The summed E-state index contributed by atoms with van der Waals surface area (Å²) in [6.07, 6.45) is 8.87. The number of nitrogens with zero attached hydrogens (tertiary/aromatic N) is 2. The molecule has 5 aliphatic rings. The van der Waals surface area contributed by atoms with Crippen LogP contribution in [0.4, 0.5) is 4.79 Å². The van der Waals surface area contributed by atoms with Crippen molar-refractivity contribution in [2.24, 2.45) is 11.8 Å². The Kier molecular flexibility index (Phi) is 11.0. The lowest BCUT2D eigenvalue weighted by atomic mass is 9.87. The third kappa shape index (κ3) is 7.92. The number of allylic oxidation sites excluding steroid dienone is 1. The Morgan fingerprint density at radius 1 is 1.11 bits per heavy atom. The Labute approximate surface area is 335 Å². The first-order chi connectivity index (χ1) is 27.0. The number of amides is 4. The van der Waals surface area contributed by atoms with Gasteiger partial charge in [-0.15, -0.1) is 0 Å². The molecule has 3 N–H and O–H groups in total. The van der Waals surface area contributed by atoms with Crippen molar-refractivity contribution in [2.45, 2.75) is 146 Å². The molecule has 0 unspecified atom stereocenters. The number of aromatic nitrogens is 1. The van der Waals surface area contributed by atoms with Crippen molar-refractivity contribution in [1.29, 1.82) is 0 Å². The normalized spacial score (nSPS) is 29.4. The summed E-state index contributed by atoms with van der Waals surface area (Å²) < 4.78 is 45.9. The number of hydrogen-bond donors (Lipinski definition) is 3. The largest absolute Gasteiger partial charge is 0.497 e. The zero-order valence-electron chi connectivity index (χ0n) is 33.9. The van der Waals surface area contributed by atoms with Crippen LogP contribution in [-0.4, -0.2) is 89.8 Å². The minimum Gasteiger partial charge on any atom is -0.497 e. The summed E-state index contributed by atoms with van der Waals surface area (Å²) in [4.78, 5) is 63.2.